The van der Waals surface area contributed by atoms with Gasteiger partial charge in [0.2, 0.25) is 5.91 Å². The molecule has 2 atom stereocenters. The van der Waals surface area contributed by atoms with Crippen molar-refractivity contribution in [2.75, 3.05) is 6.61 Å². The van der Waals surface area contributed by atoms with Gasteiger partial charge in [-0.05, 0) is 44.9 Å². The molecule has 0 fully saturated rings. The Morgan fingerprint density at radius 1 is 0.585 bits per heavy atom. The normalized spacial score (nSPS) is 13.6. The van der Waals surface area contributed by atoms with Gasteiger partial charge in [0.1, 0.15) is 0 Å². The van der Waals surface area contributed by atoms with E-state index in [0.29, 0.717) is 6.42 Å². The van der Waals surface area contributed by atoms with Gasteiger partial charge in [0.05, 0.1) is 18.8 Å². The Labute approximate surface area is 255 Å². The predicted molar refractivity (Wildman–Crippen MR) is 179 cm³/mol. The van der Waals surface area contributed by atoms with Crippen LogP contribution in [0.15, 0.2) is 36.5 Å². The summed E-state index contributed by atoms with van der Waals surface area (Å²) in [7, 11) is 0. The highest BCUT2D eigenvalue weighted by molar-refractivity contribution is 5.76. The van der Waals surface area contributed by atoms with E-state index in [9.17, 15) is 15.0 Å². The van der Waals surface area contributed by atoms with E-state index in [1.54, 1.807) is 6.08 Å². The molecule has 0 aromatic heterocycles. The smallest absolute Gasteiger partial charge is 0.220 e. The third kappa shape index (κ3) is 29.9. The Morgan fingerprint density at radius 3 is 1.51 bits per heavy atom. The Kier molecular flexibility index (Phi) is 32.0. The molecule has 2 unspecified atom stereocenters. The van der Waals surface area contributed by atoms with Gasteiger partial charge in [-0.2, -0.15) is 0 Å². The van der Waals surface area contributed by atoms with Gasteiger partial charge < -0.3 is 15.5 Å². The molecule has 0 aliphatic rings. The number of aliphatic hydroxyl groups excluding tert-OH is 2. The highest BCUT2D eigenvalue weighted by atomic mass is 16.3. The third-order valence-corrected chi connectivity index (χ3v) is 7.87. The van der Waals surface area contributed by atoms with Crippen molar-refractivity contribution in [3.63, 3.8) is 0 Å². The molecular formula is C37H69NO3. The molecule has 4 nitrogen and oxygen atoms in total. The first-order valence-corrected chi connectivity index (χ1v) is 17.7. The largest absolute Gasteiger partial charge is 0.394 e. The highest BCUT2D eigenvalue weighted by Gasteiger charge is 2.17. The van der Waals surface area contributed by atoms with Crippen LogP contribution in [0.4, 0.5) is 0 Å². The van der Waals surface area contributed by atoms with E-state index in [2.05, 4.69) is 43.5 Å². The summed E-state index contributed by atoms with van der Waals surface area (Å²) in [4.78, 5) is 12.2. The quantitative estimate of drug-likeness (QED) is 0.0569. The molecule has 0 rings (SSSR count). The summed E-state index contributed by atoms with van der Waals surface area (Å²) < 4.78 is 0. The molecule has 0 aliphatic heterocycles. The SMILES string of the molecule is CCCC/C=C/C(O)C(CO)NC(=O)CCCCCCCCCCCCCCC/C=C\C/C=C\CCCCCCC. The summed E-state index contributed by atoms with van der Waals surface area (Å²) in [5, 5.41) is 22.4. The molecular weight excluding hydrogens is 506 g/mol. The Bertz CT molecular complexity index is 628. The fourth-order valence-electron chi connectivity index (χ4n) is 5.07. The number of amides is 1. The zero-order valence-electron chi connectivity index (χ0n) is 27.3. The number of hydrogen-bond acceptors (Lipinski definition) is 3. The average molecular weight is 576 g/mol. The minimum absolute atomic E-state index is 0.0759. The lowest BCUT2D eigenvalue weighted by molar-refractivity contribution is -0.123. The third-order valence-electron chi connectivity index (χ3n) is 7.87. The van der Waals surface area contributed by atoms with Gasteiger partial charge in [0, 0.05) is 6.42 Å². The van der Waals surface area contributed by atoms with E-state index < -0.39 is 12.1 Å². The molecule has 0 saturated heterocycles. The minimum atomic E-state index is -0.833. The number of aliphatic hydroxyl groups is 2. The Balaban J connectivity index is 3.43. The summed E-state index contributed by atoms with van der Waals surface area (Å²) in [6.45, 7) is 4.15. The molecule has 4 heteroatoms. The van der Waals surface area contributed by atoms with Crippen LogP contribution < -0.4 is 5.32 Å². The van der Waals surface area contributed by atoms with Gasteiger partial charge in [-0.15, -0.1) is 0 Å². The maximum absolute atomic E-state index is 12.2. The molecule has 0 bridgehead atoms. The maximum atomic E-state index is 12.2. The number of carbonyl (C=O) groups excluding carboxylic acids is 1. The Hall–Kier alpha value is -1.39. The monoisotopic (exact) mass is 576 g/mol. The second-order valence-electron chi connectivity index (χ2n) is 11.9. The van der Waals surface area contributed by atoms with Crippen molar-refractivity contribution >= 4 is 5.91 Å². The zero-order chi connectivity index (χ0) is 30.1. The van der Waals surface area contributed by atoms with E-state index in [1.165, 1.54) is 116 Å². The van der Waals surface area contributed by atoms with Gasteiger partial charge in [0.25, 0.3) is 0 Å². The number of hydrogen-bond donors (Lipinski definition) is 3. The molecule has 240 valence electrons. The molecule has 0 aromatic rings. The van der Waals surface area contributed by atoms with E-state index in [4.69, 9.17) is 0 Å². The van der Waals surface area contributed by atoms with E-state index in [1.807, 2.05) is 6.08 Å². The van der Waals surface area contributed by atoms with Gasteiger partial charge in [0.15, 0.2) is 0 Å². The predicted octanol–water partition coefficient (Wildman–Crippen LogP) is 10.3. The van der Waals surface area contributed by atoms with Crippen LogP contribution in [0.2, 0.25) is 0 Å². The second kappa shape index (κ2) is 33.1. The second-order valence-corrected chi connectivity index (χ2v) is 11.9. The Morgan fingerprint density at radius 2 is 1.02 bits per heavy atom. The standard InChI is InChI=1S/C37H69NO3/c1-3-5-7-9-10-11-12-13-14-15-16-17-18-19-20-21-22-23-24-25-26-27-28-29-31-33-37(41)38-35(34-39)36(40)32-30-8-6-4-2/h12-13,15-16,30,32,35-36,39-40H,3-11,14,17-29,31,33-34H2,1-2H3,(H,38,41)/b13-12-,16-15-,32-30+. The molecule has 0 aliphatic carbocycles. The molecule has 3 N–H and O–H groups in total. The van der Waals surface area contributed by atoms with Gasteiger partial charge >= 0.3 is 0 Å². The van der Waals surface area contributed by atoms with Crippen molar-refractivity contribution in [1.82, 2.24) is 5.32 Å². The first-order valence-electron chi connectivity index (χ1n) is 17.7. The van der Waals surface area contributed by atoms with Crippen LogP contribution in [0.1, 0.15) is 174 Å². The van der Waals surface area contributed by atoms with Crippen molar-refractivity contribution in [1.29, 1.82) is 0 Å². The lowest BCUT2D eigenvalue weighted by Crippen LogP contribution is -2.45. The summed E-state index contributed by atoms with van der Waals surface area (Å²) >= 11 is 0. The van der Waals surface area contributed by atoms with E-state index in [-0.39, 0.29) is 12.5 Å². The van der Waals surface area contributed by atoms with Gasteiger partial charge in [-0.25, -0.2) is 0 Å². The summed E-state index contributed by atoms with van der Waals surface area (Å²) in [6, 6.07) is -0.616. The van der Waals surface area contributed by atoms with Crippen LogP contribution in [0.25, 0.3) is 0 Å². The van der Waals surface area contributed by atoms with E-state index >= 15 is 0 Å². The van der Waals surface area contributed by atoms with Crippen molar-refractivity contribution < 1.29 is 15.0 Å². The molecule has 0 aromatic carbocycles. The first kappa shape index (κ1) is 39.6. The lowest BCUT2D eigenvalue weighted by atomic mass is 10.0. The van der Waals surface area contributed by atoms with Gasteiger partial charge in [-0.3, -0.25) is 4.79 Å². The van der Waals surface area contributed by atoms with Crippen LogP contribution in [0, 0.1) is 0 Å². The number of rotatable bonds is 31. The van der Waals surface area contributed by atoms with Crippen molar-refractivity contribution in [2.45, 2.75) is 187 Å². The summed E-state index contributed by atoms with van der Waals surface area (Å²) in [5.41, 5.74) is 0. The molecule has 41 heavy (non-hydrogen) atoms. The number of carbonyl (C=O) groups is 1. The highest BCUT2D eigenvalue weighted by Crippen LogP contribution is 2.14. The van der Waals surface area contributed by atoms with Crippen LogP contribution in [-0.4, -0.2) is 34.9 Å². The molecule has 0 saturated carbocycles. The topological polar surface area (TPSA) is 69.6 Å². The summed E-state index contributed by atoms with van der Waals surface area (Å²) in [5.74, 6) is -0.0759. The van der Waals surface area contributed by atoms with Crippen molar-refractivity contribution in [3.05, 3.63) is 36.5 Å². The number of unbranched alkanes of at least 4 members (excludes halogenated alkanes) is 20. The number of allylic oxidation sites excluding steroid dienone is 5. The van der Waals surface area contributed by atoms with Crippen LogP contribution >= 0.6 is 0 Å². The molecule has 0 spiro atoms. The van der Waals surface area contributed by atoms with Gasteiger partial charge in [-0.1, -0.05) is 159 Å². The molecule has 1 amide bonds. The lowest BCUT2D eigenvalue weighted by Gasteiger charge is -2.19. The molecule has 0 heterocycles. The molecule has 0 radical (unpaired) electrons. The first-order chi connectivity index (χ1) is 20.2. The van der Waals surface area contributed by atoms with E-state index in [0.717, 1.165) is 38.5 Å². The van der Waals surface area contributed by atoms with Crippen LogP contribution in [0.3, 0.4) is 0 Å². The fourth-order valence-corrected chi connectivity index (χ4v) is 5.07. The minimum Gasteiger partial charge on any atom is -0.394 e. The number of nitrogens with one attached hydrogen (secondary N) is 1. The van der Waals surface area contributed by atoms with Crippen molar-refractivity contribution in [3.8, 4) is 0 Å². The fraction of sp³-hybridized carbons (Fsp3) is 0.811. The maximum Gasteiger partial charge on any atom is 0.220 e. The zero-order valence-corrected chi connectivity index (χ0v) is 27.3. The summed E-state index contributed by atoms with van der Waals surface area (Å²) in [6.07, 6.45) is 42.8. The average Bonchev–Trinajstić information content (AvgIpc) is 2.98. The van der Waals surface area contributed by atoms with Crippen LogP contribution in [-0.2, 0) is 4.79 Å². The van der Waals surface area contributed by atoms with Crippen LogP contribution in [0.5, 0.6) is 0 Å². The van der Waals surface area contributed by atoms with Crippen molar-refractivity contribution in [2.24, 2.45) is 0 Å².